The molecule has 1 aromatic heterocycles. The van der Waals surface area contributed by atoms with Crippen molar-refractivity contribution >= 4 is 28.4 Å². The minimum atomic E-state index is -1.00. The van der Waals surface area contributed by atoms with Crippen LogP contribution in [0, 0.1) is 0 Å². The molecule has 1 aromatic carbocycles. The molecule has 1 atom stereocenters. The largest absolute Gasteiger partial charge is 0.474 e. The van der Waals surface area contributed by atoms with Crippen LogP contribution in [-0.2, 0) is 17.2 Å². The summed E-state index contributed by atoms with van der Waals surface area (Å²) in [6, 6.07) is 7.66. The van der Waals surface area contributed by atoms with Gasteiger partial charge in [-0.05, 0) is 30.7 Å². The van der Waals surface area contributed by atoms with Crippen LogP contribution in [0.5, 0.6) is 5.88 Å². The van der Waals surface area contributed by atoms with Gasteiger partial charge in [-0.2, -0.15) is 0 Å². The van der Waals surface area contributed by atoms with E-state index in [1.165, 1.54) is 11.2 Å². The van der Waals surface area contributed by atoms with Gasteiger partial charge in [0, 0.05) is 60.1 Å². The van der Waals surface area contributed by atoms with E-state index in [0.717, 1.165) is 34.9 Å². The quantitative estimate of drug-likeness (QED) is 0.839. The fourth-order valence-electron chi connectivity index (χ4n) is 3.66. The fourth-order valence-corrected chi connectivity index (χ4v) is 4.18. The van der Waals surface area contributed by atoms with Crippen LogP contribution in [0.3, 0.4) is 0 Å². The molecule has 8 nitrogen and oxygen atoms in total. The molecule has 3 heterocycles. The molecule has 0 spiro atoms. The van der Waals surface area contributed by atoms with E-state index < -0.39 is 16.9 Å². The third kappa shape index (κ3) is 3.66. The van der Waals surface area contributed by atoms with E-state index in [0.29, 0.717) is 31.8 Å². The van der Waals surface area contributed by atoms with Crippen molar-refractivity contribution in [2.75, 3.05) is 30.8 Å². The van der Waals surface area contributed by atoms with E-state index in [1.54, 1.807) is 6.26 Å². The van der Waals surface area contributed by atoms with Crippen molar-refractivity contribution in [2.24, 2.45) is 0 Å². The summed E-state index contributed by atoms with van der Waals surface area (Å²) in [4.78, 5) is 24.2. The second-order valence-electron chi connectivity index (χ2n) is 6.92. The highest BCUT2D eigenvalue weighted by Crippen LogP contribution is 2.37. The van der Waals surface area contributed by atoms with Crippen molar-refractivity contribution in [1.82, 2.24) is 14.9 Å². The number of hydrogen-bond donors (Lipinski definition) is 1. The standard InChI is InChI=1S/C19H22N4O4S/c1-28(26)15-4-2-13(3-5-15)23-11-8-16-17(23)20-12-21-18(16)27-14-6-9-22(10-7-14)19(24)25/h2-5,12,14H,6-11H2,1H3,(H,24,25). The molecule has 2 aromatic rings. The molecule has 2 aliphatic rings. The molecule has 0 saturated carbocycles. The van der Waals surface area contributed by atoms with Gasteiger partial charge in [0.25, 0.3) is 0 Å². The molecule has 1 unspecified atom stereocenters. The number of anilines is 2. The zero-order valence-corrected chi connectivity index (χ0v) is 16.4. The normalized spacial score (nSPS) is 18.0. The summed E-state index contributed by atoms with van der Waals surface area (Å²) in [6.07, 6.45) is 4.35. The molecule has 1 N–H and O–H groups in total. The van der Waals surface area contributed by atoms with Gasteiger partial charge in [-0.25, -0.2) is 14.8 Å². The molecule has 0 aliphatic carbocycles. The first-order chi connectivity index (χ1) is 13.5. The molecule has 0 radical (unpaired) electrons. The summed E-state index contributed by atoms with van der Waals surface area (Å²) in [5.74, 6) is 1.42. The first-order valence-electron chi connectivity index (χ1n) is 9.22. The summed E-state index contributed by atoms with van der Waals surface area (Å²) in [5.41, 5.74) is 1.97. The second-order valence-corrected chi connectivity index (χ2v) is 8.30. The number of rotatable bonds is 4. The smallest absolute Gasteiger partial charge is 0.407 e. The maximum Gasteiger partial charge on any atom is 0.407 e. The van der Waals surface area contributed by atoms with Gasteiger partial charge in [0.1, 0.15) is 18.2 Å². The third-order valence-electron chi connectivity index (χ3n) is 5.20. The maximum absolute atomic E-state index is 11.6. The Morgan fingerprint density at radius 2 is 1.89 bits per heavy atom. The number of aromatic nitrogens is 2. The van der Waals surface area contributed by atoms with Crippen LogP contribution in [0.4, 0.5) is 16.3 Å². The van der Waals surface area contributed by atoms with Gasteiger partial charge in [0.2, 0.25) is 5.88 Å². The van der Waals surface area contributed by atoms with Crippen molar-refractivity contribution in [3.8, 4) is 5.88 Å². The van der Waals surface area contributed by atoms with Crippen molar-refractivity contribution in [2.45, 2.75) is 30.3 Å². The molecule has 0 bridgehead atoms. The van der Waals surface area contributed by atoms with Crippen LogP contribution in [0.2, 0.25) is 0 Å². The highest BCUT2D eigenvalue weighted by atomic mass is 32.2. The maximum atomic E-state index is 11.6. The minimum Gasteiger partial charge on any atom is -0.474 e. The molecule has 4 rings (SSSR count). The number of benzene rings is 1. The molecule has 1 saturated heterocycles. The minimum absolute atomic E-state index is 0.0394. The molecular weight excluding hydrogens is 380 g/mol. The average molecular weight is 402 g/mol. The van der Waals surface area contributed by atoms with Gasteiger partial charge in [-0.3, -0.25) is 4.21 Å². The fraction of sp³-hybridized carbons (Fsp3) is 0.421. The van der Waals surface area contributed by atoms with Crippen LogP contribution in [-0.4, -0.2) is 62.3 Å². The molecular formula is C19H22N4O4S. The van der Waals surface area contributed by atoms with E-state index in [1.807, 2.05) is 24.3 Å². The molecule has 28 heavy (non-hydrogen) atoms. The van der Waals surface area contributed by atoms with Gasteiger partial charge in [0.05, 0.1) is 5.56 Å². The number of carbonyl (C=O) groups is 1. The Bertz CT molecular complexity index is 897. The van der Waals surface area contributed by atoms with Gasteiger partial charge >= 0.3 is 6.09 Å². The summed E-state index contributed by atoms with van der Waals surface area (Å²) in [5, 5.41) is 9.07. The Balaban J connectivity index is 1.50. The van der Waals surface area contributed by atoms with Crippen LogP contribution < -0.4 is 9.64 Å². The number of piperidine rings is 1. The SMILES string of the molecule is CS(=O)c1ccc(N2CCc3c(OC4CCN(C(=O)O)CC4)ncnc32)cc1. The number of hydrogen-bond acceptors (Lipinski definition) is 6. The van der Waals surface area contributed by atoms with Gasteiger partial charge < -0.3 is 19.6 Å². The Kier molecular flexibility index (Phi) is 5.17. The number of fused-ring (bicyclic) bond motifs is 1. The summed E-state index contributed by atoms with van der Waals surface area (Å²) in [7, 11) is -1.00. The average Bonchev–Trinajstić information content (AvgIpc) is 3.13. The van der Waals surface area contributed by atoms with Crippen molar-refractivity contribution < 1.29 is 18.8 Å². The van der Waals surface area contributed by atoms with Crippen LogP contribution in [0.15, 0.2) is 35.5 Å². The first-order valence-corrected chi connectivity index (χ1v) is 10.8. The lowest BCUT2D eigenvalue weighted by Gasteiger charge is -2.30. The highest BCUT2D eigenvalue weighted by molar-refractivity contribution is 7.84. The monoisotopic (exact) mass is 402 g/mol. The Morgan fingerprint density at radius 1 is 1.18 bits per heavy atom. The molecule has 1 fully saturated rings. The lowest BCUT2D eigenvalue weighted by Crippen LogP contribution is -2.41. The molecule has 9 heteroatoms. The predicted octanol–water partition coefficient (Wildman–Crippen LogP) is 2.43. The van der Waals surface area contributed by atoms with E-state index in [4.69, 9.17) is 9.84 Å². The molecule has 2 aliphatic heterocycles. The van der Waals surface area contributed by atoms with Crippen molar-refractivity contribution in [3.05, 3.63) is 36.2 Å². The first kappa shape index (κ1) is 18.7. The Hall–Kier alpha value is -2.68. The highest BCUT2D eigenvalue weighted by Gasteiger charge is 2.29. The Labute approximate surface area is 165 Å². The zero-order chi connectivity index (χ0) is 19.7. The van der Waals surface area contributed by atoms with E-state index in [2.05, 4.69) is 14.9 Å². The van der Waals surface area contributed by atoms with Crippen LogP contribution >= 0.6 is 0 Å². The Morgan fingerprint density at radius 3 is 2.54 bits per heavy atom. The number of likely N-dealkylation sites (tertiary alicyclic amines) is 1. The molecule has 1 amide bonds. The topological polar surface area (TPSA) is 95.9 Å². The van der Waals surface area contributed by atoms with Crippen LogP contribution in [0.1, 0.15) is 18.4 Å². The zero-order valence-electron chi connectivity index (χ0n) is 15.6. The van der Waals surface area contributed by atoms with E-state index in [-0.39, 0.29) is 6.10 Å². The van der Waals surface area contributed by atoms with Crippen LogP contribution in [0.25, 0.3) is 0 Å². The number of carboxylic acid groups (broad SMARTS) is 1. The number of nitrogens with zero attached hydrogens (tertiary/aromatic N) is 4. The third-order valence-corrected chi connectivity index (χ3v) is 6.13. The number of amides is 1. The van der Waals surface area contributed by atoms with Gasteiger partial charge in [0.15, 0.2) is 0 Å². The van der Waals surface area contributed by atoms with Crippen molar-refractivity contribution in [3.63, 3.8) is 0 Å². The summed E-state index contributed by atoms with van der Waals surface area (Å²) >= 11 is 0. The van der Waals surface area contributed by atoms with E-state index >= 15 is 0 Å². The van der Waals surface area contributed by atoms with E-state index in [9.17, 15) is 9.00 Å². The lowest BCUT2D eigenvalue weighted by atomic mass is 10.1. The number of ether oxygens (including phenoxy) is 1. The summed E-state index contributed by atoms with van der Waals surface area (Å²) < 4.78 is 17.7. The summed E-state index contributed by atoms with van der Waals surface area (Å²) in [6.45, 7) is 1.73. The van der Waals surface area contributed by atoms with Crippen molar-refractivity contribution in [1.29, 1.82) is 0 Å². The predicted molar refractivity (Wildman–Crippen MR) is 105 cm³/mol. The lowest BCUT2D eigenvalue weighted by molar-refractivity contribution is 0.0865. The van der Waals surface area contributed by atoms with Gasteiger partial charge in [-0.15, -0.1) is 0 Å². The van der Waals surface area contributed by atoms with Gasteiger partial charge in [-0.1, -0.05) is 0 Å². The molecule has 148 valence electrons. The second kappa shape index (κ2) is 7.75.